The maximum Gasteiger partial charge on any atom is 0.263 e. The highest BCUT2D eigenvalue weighted by molar-refractivity contribution is 7.11. The summed E-state index contributed by atoms with van der Waals surface area (Å²) in [5, 5.41) is 7.21. The van der Waals surface area contributed by atoms with Gasteiger partial charge in [-0.2, -0.15) is 5.10 Å². The molecule has 4 aromatic rings. The Morgan fingerprint density at radius 3 is 2.55 bits per heavy atom. The Bertz CT molecular complexity index is 1420. The maximum atomic E-state index is 14.9. The Hall–Kier alpha value is -3.90. The van der Waals surface area contributed by atoms with E-state index in [2.05, 4.69) is 20.2 Å². The van der Waals surface area contributed by atoms with Crippen LogP contribution in [0.25, 0.3) is 21.7 Å². The van der Waals surface area contributed by atoms with Crippen molar-refractivity contribution in [2.24, 2.45) is 0 Å². The Kier molecular flexibility index (Phi) is 6.03. The number of rotatable bonds is 5. The lowest BCUT2D eigenvalue weighted by atomic mass is 10.0. The van der Waals surface area contributed by atoms with Crippen molar-refractivity contribution in [1.82, 2.24) is 20.1 Å². The first kappa shape index (κ1) is 22.3. The van der Waals surface area contributed by atoms with Gasteiger partial charge in [-0.15, -0.1) is 11.3 Å². The average molecular weight is 464 g/mol. The number of amides is 1. The summed E-state index contributed by atoms with van der Waals surface area (Å²) < 4.78 is 30.5. The fraction of sp³-hybridized carbons (Fsp3) is 0.167. The Balaban J connectivity index is 1.59. The number of carbonyl (C=O) groups is 1. The number of aryl methyl sites for hydroxylation is 2. The Morgan fingerprint density at radius 2 is 1.91 bits per heavy atom. The van der Waals surface area contributed by atoms with Crippen LogP contribution in [0.4, 0.5) is 14.5 Å². The third-order valence-electron chi connectivity index (χ3n) is 5.32. The van der Waals surface area contributed by atoms with E-state index >= 15 is 0 Å². The number of thiazole rings is 1. The van der Waals surface area contributed by atoms with Crippen LogP contribution in [-0.4, -0.2) is 20.7 Å². The molecule has 0 aliphatic rings. The summed E-state index contributed by atoms with van der Waals surface area (Å²) in [5.74, 6) is -1.36. The molecule has 0 bridgehead atoms. The summed E-state index contributed by atoms with van der Waals surface area (Å²) in [5.41, 5.74) is 5.74. The highest BCUT2D eigenvalue weighted by Crippen LogP contribution is 2.31. The van der Waals surface area contributed by atoms with Gasteiger partial charge in [0.25, 0.3) is 5.91 Å². The lowest BCUT2D eigenvalue weighted by Crippen LogP contribution is -2.23. The second kappa shape index (κ2) is 8.92. The molecular formula is C24H19F2N5OS. The molecule has 2 aromatic heterocycles. The molecule has 0 saturated carbocycles. The van der Waals surface area contributed by atoms with Gasteiger partial charge in [0.1, 0.15) is 16.5 Å². The molecule has 166 valence electrons. The van der Waals surface area contributed by atoms with Gasteiger partial charge in [0.15, 0.2) is 0 Å². The van der Waals surface area contributed by atoms with Crippen molar-refractivity contribution in [2.45, 2.75) is 27.3 Å². The smallest absolute Gasteiger partial charge is 0.263 e. The van der Waals surface area contributed by atoms with E-state index in [1.807, 2.05) is 6.92 Å². The van der Waals surface area contributed by atoms with Crippen molar-refractivity contribution >= 4 is 22.9 Å². The molecule has 0 fully saturated rings. The van der Waals surface area contributed by atoms with Crippen LogP contribution in [0.2, 0.25) is 0 Å². The minimum Gasteiger partial charge on any atom is -0.347 e. The molecule has 0 spiro atoms. The monoisotopic (exact) mass is 463 g/mol. The summed E-state index contributed by atoms with van der Waals surface area (Å²) in [7, 11) is 0. The average Bonchev–Trinajstić information content (AvgIpc) is 3.35. The van der Waals surface area contributed by atoms with E-state index in [4.69, 9.17) is 6.57 Å². The van der Waals surface area contributed by atoms with E-state index in [-0.39, 0.29) is 18.1 Å². The van der Waals surface area contributed by atoms with Gasteiger partial charge in [0.2, 0.25) is 5.69 Å². The van der Waals surface area contributed by atoms with Crippen LogP contribution < -0.4 is 5.32 Å². The van der Waals surface area contributed by atoms with Crippen LogP contribution in [0.3, 0.4) is 0 Å². The van der Waals surface area contributed by atoms with Crippen molar-refractivity contribution < 1.29 is 13.6 Å². The first-order valence-corrected chi connectivity index (χ1v) is 10.9. The van der Waals surface area contributed by atoms with E-state index in [0.717, 1.165) is 5.56 Å². The first-order chi connectivity index (χ1) is 15.8. The molecule has 0 saturated heterocycles. The van der Waals surface area contributed by atoms with Gasteiger partial charge in [-0.05, 0) is 44.5 Å². The van der Waals surface area contributed by atoms with Gasteiger partial charge in [-0.3, -0.25) is 4.79 Å². The van der Waals surface area contributed by atoms with E-state index < -0.39 is 11.6 Å². The zero-order valence-corrected chi connectivity index (χ0v) is 18.9. The minimum atomic E-state index is -0.623. The number of aromatic nitrogens is 3. The molecule has 4 rings (SSSR count). The number of halogens is 2. The Labute approximate surface area is 193 Å². The van der Waals surface area contributed by atoms with Crippen molar-refractivity contribution in [3.8, 4) is 16.8 Å². The number of nitrogens with one attached hydrogen (secondary N) is 1. The predicted molar refractivity (Wildman–Crippen MR) is 123 cm³/mol. The van der Waals surface area contributed by atoms with Crippen LogP contribution in [0.15, 0.2) is 41.9 Å². The van der Waals surface area contributed by atoms with E-state index in [0.29, 0.717) is 38.8 Å². The van der Waals surface area contributed by atoms with E-state index in [1.54, 1.807) is 42.2 Å². The van der Waals surface area contributed by atoms with Crippen LogP contribution in [0, 0.1) is 39.0 Å². The summed E-state index contributed by atoms with van der Waals surface area (Å²) in [6.07, 6.45) is 0. The largest absolute Gasteiger partial charge is 0.347 e. The van der Waals surface area contributed by atoms with Gasteiger partial charge in [-0.25, -0.2) is 23.3 Å². The Morgan fingerprint density at radius 1 is 1.12 bits per heavy atom. The predicted octanol–water partition coefficient (Wildman–Crippen LogP) is 5.68. The standard InChI is InChI=1S/C24H19F2N5OS/c1-13-22(15(3)31(30-13)18-7-8-21(27-4)20(26)10-18)16-5-6-17(19(25)9-16)11-28-24(32)23-14(2)29-12-33-23/h5-10,12H,11H2,1-3H3,(H,28,32). The molecule has 33 heavy (non-hydrogen) atoms. The van der Waals surface area contributed by atoms with Crippen molar-refractivity contribution in [2.75, 3.05) is 0 Å². The molecular weight excluding hydrogens is 444 g/mol. The van der Waals surface area contributed by atoms with Crippen LogP contribution in [0.5, 0.6) is 0 Å². The molecule has 0 aliphatic carbocycles. The fourth-order valence-corrected chi connectivity index (χ4v) is 4.37. The lowest BCUT2D eigenvalue weighted by Gasteiger charge is -2.09. The third kappa shape index (κ3) is 4.25. The normalized spacial score (nSPS) is 10.8. The van der Waals surface area contributed by atoms with E-state index in [1.165, 1.54) is 29.5 Å². The zero-order chi connectivity index (χ0) is 23.7. The summed E-state index contributed by atoms with van der Waals surface area (Å²) in [4.78, 5) is 20.0. The van der Waals surface area contributed by atoms with Crippen LogP contribution in [0.1, 0.15) is 32.3 Å². The number of carbonyl (C=O) groups excluding carboxylic acids is 1. The summed E-state index contributed by atoms with van der Waals surface area (Å²) in [6.45, 7) is 12.4. The molecule has 0 atom stereocenters. The lowest BCUT2D eigenvalue weighted by molar-refractivity contribution is 0.0954. The highest BCUT2D eigenvalue weighted by atomic mass is 32.1. The topological polar surface area (TPSA) is 64.2 Å². The van der Waals surface area contributed by atoms with Crippen LogP contribution in [-0.2, 0) is 6.54 Å². The van der Waals surface area contributed by atoms with Crippen LogP contribution >= 0.6 is 11.3 Å². The molecule has 1 amide bonds. The molecule has 0 radical (unpaired) electrons. The van der Waals surface area contributed by atoms with Gasteiger partial charge in [-0.1, -0.05) is 18.2 Å². The molecule has 0 aliphatic heterocycles. The minimum absolute atomic E-state index is 0.0478. The second-order valence-corrected chi connectivity index (χ2v) is 8.32. The van der Waals surface area contributed by atoms with Crippen molar-refractivity contribution in [3.05, 3.63) is 92.5 Å². The summed E-state index contributed by atoms with van der Waals surface area (Å²) >= 11 is 1.24. The van der Waals surface area contributed by atoms with Gasteiger partial charge < -0.3 is 5.32 Å². The van der Waals surface area contributed by atoms with E-state index in [9.17, 15) is 13.6 Å². The highest BCUT2D eigenvalue weighted by Gasteiger charge is 2.18. The first-order valence-electron chi connectivity index (χ1n) is 10.0. The van der Waals surface area contributed by atoms with Crippen molar-refractivity contribution in [1.29, 1.82) is 0 Å². The fourth-order valence-electron chi connectivity index (χ4n) is 3.65. The zero-order valence-electron chi connectivity index (χ0n) is 18.1. The SMILES string of the molecule is [C-]#[N+]c1ccc(-n2nc(C)c(-c3ccc(CNC(=O)c4scnc4C)c(F)c3)c2C)cc1F. The maximum absolute atomic E-state index is 14.9. The molecule has 9 heteroatoms. The molecule has 6 nitrogen and oxygen atoms in total. The quantitative estimate of drug-likeness (QED) is 0.387. The molecule has 0 unspecified atom stereocenters. The van der Waals surface area contributed by atoms with Gasteiger partial charge in [0, 0.05) is 23.4 Å². The number of hydrogen-bond donors (Lipinski definition) is 1. The second-order valence-electron chi connectivity index (χ2n) is 7.46. The van der Waals surface area contributed by atoms with Gasteiger partial charge in [0.05, 0.1) is 29.2 Å². The molecule has 2 heterocycles. The number of hydrogen-bond acceptors (Lipinski definition) is 4. The molecule has 2 aromatic carbocycles. The summed E-state index contributed by atoms with van der Waals surface area (Å²) in [6, 6.07) is 9.09. The number of nitrogens with zero attached hydrogens (tertiary/aromatic N) is 4. The van der Waals surface area contributed by atoms with Crippen molar-refractivity contribution in [3.63, 3.8) is 0 Å². The third-order valence-corrected chi connectivity index (χ3v) is 6.25. The molecule has 1 N–H and O–H groups in total. The number of benzene rings is 2. The van der Waals surface area contributed by atoms with Gasteiger partial charge >= 0.3 is 0 Å².